The minimum atomic E-state index is 0.402. The fourth-order valence-electron chi connectivity index (χ4n) is 4.28. The molecule has 0 atom stereocenters. The molecule has 0 bridgehead atoms. The molecule has 2 aromatic carbocycles. The molecule has 0 aliphatic rings. The summed E-state index contributed by atoms with van der Waals surface area (Å²) in [6.07, 6.45) is 6.86. The topological polar surface area (TPSA) is 50.7 Å². The summed E-state index contributed by atoms with van der Waals surface area (Å²) in [5, 5.41) is 0. The molecule has 3 heteroatoms. The molecule has 2 aromatic rings. The van der Waals surface area contributed by atoms with Gasteiger partial charge in [0.1, 0.15) is 0 Å². The molecule has 0 spiro atoms. The van der Waals surface area contributed by atoms with Gasteiger partial charge in [0.25, 0.3) is 0 Å². The van der Waals surface area contributed by atoms with E-state index >= 15 is 0 Å². The molecule has 0 unspecified atom stereocenters. The Kier molecular flexibility index (Phi) is 10.9. The van der Waals surface area contributed by atoms with Crippen LogP contribution in [0.25, 0.3) is 0 Å². The Morgan fingerprint density at radius 2 is 1.08 bits per heavy atom. The van der Waals surface area contributed by atoms with Gasteiger partial charge in [0, 0.05) is 12.1 Å². The summed E-state index contributed by atoms with van der Waals surface area (Å²) in [7, 11) is 0. The van der Waals surface area contributed by atoms with Gasteiger partial charge in [-0.15, -0.1) is 0 Å². The van der Waals surface area contributed by atoms with Gasteiger partial charge < -0.3 is 5.73 Å². The van der Waals surface area contributed by atoms with Gasteiger partial charge in [-0.2, -0.15) is 0 Å². The number of nitrogens with zero attached hydrogens (tertiary/aromatic N) is 2. The second kappa shape index (κ2) is 13.4. The van der Waals surface area contributed by atoms with Crippen LogP contribution in [0.1, 0.15) is 122 Å². The first kappa shape index (κ1) is 29.3. The summed E-state index contributed by atoms with van der Waals surface area (Å²) in [5.74, 6) is 1.68. The second-order valence-corrected chi connectivity index (χ2v) is 11.0. The van der Waals surface area contributed by atoms with Gasteiger partial charge in [-0.05, 0) is 65.8 Å². The highest BCUT2D eigenvalue weighted by molar-refractivity contribution is 5.99. The second-order valence-electron chi connectivity index (χ2n) is 11.0. The van der Waals surface area contributed by atoms with Crippen LogP contribution >= 0.6 is 0 Å². The average molecular weight is 486 g/mol. The zero-order chi connectivity index (χ0) is 27.0. The number of benzene rings is 2. The first-order valence-electron chi connectivity index (χ1n) is 13.4. The summed E-state index contributed by atoms with van der Waals surface area (Å²) >= 11 is 0. The summed E-state index contributed by atoms with van der Waals surface area (Å²) in [5.41, 5.74) is 16.4. The van der Waals surface area contributed by atoms with Crippen molar-refractivity contribution in [3.63, 3.8) is 0 Å². The largest absolute Gasteiger partial charge is 0.397 e. The normalized spacial score (nSPS) is 13.8. The van der Waals surface area contributed by atoms with Gasteiger partial charge in [0.15, 0.2) is 0 Å². The van der Waals surface area contributed by atoms with Crippen molar-refractivity contribution in [3.05, 3.63) is 82.6 Å². The highest BCUT2D eigenvalue weighted by atomic mass is 14.8. The number of aliphatic imine (C=N–C) groups is 2. The molecular formula is C33H47N3. The highest BCUT2D eigenvalue weighted by Crippen LogP contribution is 2.36. The minimum Gasteiger partial charge on any atom is -0.397 e. The van der Waals surface area contributed by atoms with Crippen molar-refractivity contribution in [3.8, 4) is 0 Å². The first-order chi connectivity index (χ1) is 16.9. The van der Waals surface area contributed by atoms with E-state index in [1.165, 1.54) is 22.3 Å². The molecule has 2 rings (SSSR count). The minimum absolute atomic E-state index is 0.402. The molecule has 36 heavy (non-hydrogen) atoms. The lowest BCUT2D eigenvalue weighted by atomic mass is 9.93. The zero-order valence-electron chi connectivity index (χ0n) is 24.2. The molecule has 0 amide bonds. The molecule has 0 radical (unpaired) electrons. The van der Waals surface area contributed by atoms with Crippen LogP contribution in [0.4, 0.5) is 11.4 Å². The molecule has 194 valence electrons. The lowest BCUT2D eigenvalue weighted by Gasteiger charge is -2.17. The van der Waals surface area contributed by atoms with Crippen LogP contribution < -0.4 is 5.73 Å². The van der Waals surface area contributed by atoms with E-state index in [1.807, 2.05) is 19.1 Å². The number of para-hydroxylation sites is 2. The molecule has 0 heterocycles. The maximum absolute atomic E-state index is 6.41. The number of rotatable bonds is 10. The maximum Gasteiger partial charge on any atom is 0.0702 e. The fourth-order valence-corrected chi connectivity index (χ4v) is 4.28. The van der Waals surface area contributed by atoms with E-state index in [0.29, 0.717) is 29.4 Å². The molecule has 2 N–H and O–H groups in total. The Morgan fingerprint density at radius 1 is 0.694 bits per heavy atom. The monoisotopic (exact) mass is 485 g/mol. The summed E-state index contributed by atoms with van der Waals surface area (Å²) in [6, 6.07) is 13.0. The Morgan fingerprint density at radius 3 is 1.47 bits per heavy atom. The van der Waals surface area contributed by atoms with Crippen molar-refractivity contribution in [2.24, 2.45) is 15.7 Å². The number of nitrogens with two attached hydrogens (primary N) is 1. The van der Waals surface area contributed by atoms with Crippen molar-refractivity contribution in [2.45, 2.75) is 99.3 Å². The van der Waals surface area contributed by atoms with Gasteiger partial charge in [-0.25, -0.2) is 0 Å². The molecule has 0 fully saturated rings. The van der Waals surface area contributed by atoms with Crippen molar-refractivity contribution < 1.29 is 0 Å². The van der Waals surface area contributed by atoms with Crippen LogP contribution in [-0.2, 0) is 0 Å². The van der Waals surface area contributed by atoms with Crippen molar-refractivity contribution >= 4 is 22.8 Å². The van der Waals surface area contributed by atoms with Crippen molar-refractivity contribution in [2.75, 3.05) is 0 Å². The molecular weight excluding hydrogens is 438 g/mol. The van der Waals surface area contributed by atoms with Gasteiger partial charge >= 0.3 is 0 Å². The molecule has 0 saturated carbocycles. The van der Waals surface area contributed by atoms with Gasteiger partial charge in [-0.3, -0.25) is 9.98 Å². The van der Waals surface area contributed by atoms with Crippen LogP contribution in [0.5, 0.6) is 0 Å². The van der Waals surface area contributed by atoms with Gasteiger partial charge in [0.05, 0.1) is 22.8 Å². The zero-order valence-corrected chi connectivity index (χ0v) is 24.2. The van der Waals surface area contributed by atoms with Crippen molar-refractivity contribution in [1.82, 2.24) is 0 Å². The van der Waals surface area contributed by atoms with Crippen LogP contribution in [0.3, 0.4) is 0 Å². The first-order valence-corrected chi connectivity index (χ1v) is 13.4. The number of hydrogen-bond acceptors (Lipinski definition) is 3. The third-order valence-corrected chi connectivity index (χ3v) is 6.51. The van der Waals surface area contributed by atoms with Crippen LogP contribution in [-0.4, -0.2) is 11.4 Å². The smallest absolute Gasteiger partial charge is 0.0702 e. The van der Waals surface area contributed by atoms with E-state index in [2.05, 4.69) is 105 Å². The van der Waals surface area contributed by atoms with Gasteiger partial charge in [-0.1, -0.05) is 104 Å². The number of allylic oxidation sites excluding steroid dienone is 4. The fraction of sp³-hybridized carbons (Fsp3) is 0.455. The van der Waals surface area contributed by atoms with Crippen LogP contribution in [0.15, 0.2) is 70.3 Å². The van der Waals surface area contributed by atoms with Crippen molar-refractivity contribution in [1.29, 1.82) is 0 Å². The van der Waals surface area contributed by atoms with Gasteiger partial charge in [0.2, 0.25) is 0 Å². The lowest BCUT2D eigenvalue weighted by Crippen LogP contribution is -2.08. The summed E-state index contributed by atoms with van der Waals surface area (Å²) in [4.78, 5) is 10.0. The lowest BCUT2D eigenvalue weighted by molar-refractivity contribution is 0.834. The Labute approximate surface area is 220 Å². The van der Waals surface area contributed by atoms with E-state index in [0.717, 1.165) is 29.2 Å². The number of hydrogen-bond donors (Lipinski definition) is 1. The SMILES string of the molecule is CC(C/C=C\C=C(/N)C(C)=Nc1c(C(C)C)cccc1C(C)C)=Nc1c(C(C)C)cccc1C(C)C. The Bertz CT molecular complexity index is 1090. The summed E-state index contributed by atoms with van der Waals surface area (Å²) < 4.78 is 0. The van der Waals surface area contributed by atoms with E-state index in [4.69, 9.17) is 15.7 Å². The molecule has 0 saturated heterocycles. The standard InChI is InChI=1S/C33H47N3/c1-21(2)27-16-13-17-28(22(3)4)32(27)35-25(9)15-11-12-20-31(34)26(10)36-33-29(23(5)6)18-14-19-30(33)24(7)8/h11-14,16-24H,15,34H2,1-10H3/b12-11-,31-20-,35-25?,36-26?. The summed E-state index contributed by atoms with van der Waals surface area (Å²) in [6.45, 7) is 21.9. The van der Waals surface area contributed by atoms with Crippen LogP contribution in [0, 0.1) is 0 Å². The molecule has 3 nitrogen and oxygen atoms in total. The third-order valence-electron chi connectivity index (χ3n) is 6.51. The van der Waals surface area contributed by atoms with E-state index in [-0.39, 0.29) is 0 Å². The van der Waals surface area contributed by atoms with E-state index < -0.39 is 0 Å². The molecule has 0 aromatic heterocycles. The Balaban J connectivity index is 2.25. The predicted molar refractivity (Wildman–Crippen MR) is 161 cm³/mol. The quantitative estimate of drug-likeness (QED) is 0.264. The highest BCUT2D eigenvalue weighted by Gasteiger charge is 2.14. The maximum atomic E-state index is 6.41. The predicted octanol–water partition coefficient (Wildman–Crippen LogP) is 9.85. The van der Waals surface area contributed by atoms with Crippen LogP contribution in [0.2, 0.25) is 0 Å². The average Bonchev–Trinajstić information content (AvgIpc) is 2.81. The third kappa shape index (κ3) is 7.78. The molecule has 0 aliphatic heterocycles. The van der Waals surface area contributed by atoms with E-state index in [9.17, 15) is 0 Å². The molecule has 0 aliphatic carbocycles. The van der Waals surface area contributed by atoms with E-state index in [1.54, 1.807) is 0 Å². The Hall–Kier alpha value is -2.94.